The van der Waals surface area contributed by atoms with E-state index in [1.54, 1.807) is 4.31 Å². The fourth-order valence-corrected chi connectivity index (χ4v) is 6.26. The molecular weight excluding hydrogens is 362 g/mol. The molecule has 2 aliphatic heterocycles. The molecule has 6 nitrogen and oxygen atoms in total. The molecule has 146 valence electrons. The fraction of sp³-hybridized carbons (Fsp3) is 0.941. The van der Waals surface area contributed by atoms with Gasteiger partial charge in [0, 0.05) is 38.1 Å². The van der Waals surface area contributed by atoms with E-state index in [4.69, 9.17) is 5.73 Å². The van der Waals surface area contributed by atoms with Crippen LogP contribution in [0.5, 0.6) is 0 Å². The number of piperidine rings is 1. The lowest BCUT2D eigenvalue weighted by molar-refractivity contribution is -0.136. The van der Waals surface area contributed by atoms with E-state index in [9.17, 15) is 13.2 Å². The molecule has 0 aromatic heterocycles. The number of amides is 1. The summed E-state index contributed by atoms with van der Waals surface area (Å²) in [4.78, 5) is 14.8. The molecule has 3 rings (SSSR count). The number of unbranched alkanes of at least 4 members (excludes halogenated alkanes) is 1. The van der Waals surface area contributed by atoms with Crippen molar-refractivity contribution in [3.05, 3.63) is 0 Å². The predicted octanol–water partition coefficient (Wildman–Crippen LogP) is 1.45. The molecule has 8 heteroatoms. The topological polar surface area (TPSA) is 83.7 Å². The number of sulfonamides is 1. The molecule has 1 aliphatic carbocycles. The van der Waals surface area contributed by atoms with Crippen molar-refractivity contribution in [2.24, 2.45) is 23.5 Å². The monoisotopic (exact) mass is 393 g/mol. The van der Waals surface area contributed by atoms with E-state index in [0.717, 1.165) is 32.4 Å². The second kappa shape index (κ2) is 8.55. The van der Waals surface area contributed by atoms with Crippen LogP contribution in [0.4, 0.5) is 0 Å². The molecule has 3 fully saturated rings. The van der Waals surface area contributed by atoms with Crippen molar-refractivity contribution in [3.8, 4) is 0 Å². The Hall–Kier alpha value is -0.370. The Labute approximate surface area is 157 Å². The lowest BCUT2D eigenvalue weighted by Gasteiger charge is -2.32. The zero-order valence-corrected chi connectivity index (χ0v) is 16.7. The third kappa shape index (κ3) is 4.49. The van der Waals surface area contributed by atoms with Crippen molar-refractivity contribution in [2.75, 3.05) is 31.9 Å². The van der Waals surface area contributed by atoms with Gasteiger partial charge in [-0.15, -0.1) is 12.4 Å². The summed E-state index contributed by atoms with van der Waals surface area (Å²) in [7, 11) is -3.14. The van der Waals surface area contributed by atoms with Crippen molar-refractivity contribution in [1.82, 2.24) is 9.21 Å². The number of carbonyl (C=O) groups is 1. The van der Waals surface area contributed by atoms with Crippen LogP contribution in [-0.2, 0) is 14.8 Å². The minimum Gasteiger partial charge on any atom is -0.342 e. The largest absolute Gasteiger partial charge is 0.342 e. The SMILES string of the molecule is CCCCS(=O)(=O)N1CCC(C(=O)N2CC3CCC(N)C3C2)CC1.Cl. The van der Waals surface area contributed by atoms with Gasteiger partial charge in [-0.05, 0) is 43.9 Å². The summed E-state index contributed by atoms with van der Waals surface area (Å²) in [6, 6.07) is 0.248. The maximum absolute atomic E-state index is 12.8. The summed E-state index contributed by atoms with van der Waals surface area (Å²) in [6.45, 7) is 4.63. The first-order chi connectivity index (χ1) is 11.4. The third-order valence-electron chi connectivity index (χ3n) is 6.18. The maximum Gasteiger partial charge on any atom is 0.225 e. The quantitative estimate of drug-likeness (QED) is 0.766. The third-order valence-corrected chi connectivity index (χ3v) is 8.13. The summed E-state index contributed by atoms with van der Waals surface area (Å²) in [5, 5.41) is 0. The average molecular weight is 394 g/mol. The van der Waals surface area contributed by atoms with Gasteiger partial charge in [-0.25, -0.2) is 12.7 Å². The van der Waals surface area contributed by atoms with Crippen molar-refractivity contribution in [3.63, 3.8) is 0 Å². The summed E-state index contributed by atoms with van der Waals surface area (Å²) >= 11 is 0. The van der Waals surface area contributed by atoms with E-state index < -0.39 is 10.0 Å². The summed E-state index contributed by atoms with van der Waals surface area (Å²) in [5.41, 5.74) is 6.16. The van der Waals surface area contributed by atoms with Crippen molar-refractivity contribution >= 4 is 28.3 Å². The molecule has 1 amide bonds. The van der Waals surface area contributed by atoms with Crippen LogP contribution < -0.4 is 5.73 Å². The summed E-state index contributed by atoms with van der Waals surface area (Å²) < 4.78 is 26.1. The molecule has 0 radical (unpaired) electrons. The molecule has 25 heavy (non-hydrogen) atoms. The minimum absolute atomic E-state index is 0. The van der Waals surface area contributed by atoms with Crippen molar-refractivity contribution < 1.29 is 13.2 Å². The van der Waals surface area contributed by atoms with Gasteiger partial charge in [-0.2, -0.15) is 0 Å². The number of carbonyl (C=O) groups excluding carboxylic acids is 1. The highest BCUT2D eigenvalue weighted by atomic mass is 35.5. The minimum atomic E-state index is -3.14. The van der Waals surface area contributed by atoms with Gasteiger partial charge in [0.25, 0.3) is 0 Å². The van der Waals surface area contributed by atoms with Crippen LogP contribution in [0.1, 0.15) is 45.4 Å². The van der Waals surface area contributed by atoms with Crippen molar-refractivity contribution in [1.29, 1.82) is 0 Å². The van der Waals surface area contributed by atoms with Crippen molar-refractivity contribution in [2.45, 2.75) is 51.5 Å². The molecule has 3 aliphatic rings. The average Bonchev–Trinajstić information content (AvgIpc) is 3.15. The van der Waals surface area contributed by atoms with Crippen LogP contribution >= 0.6 is 12.4 Å². The molecule has 0 bridgehead atoms. The van der Waals surface area contributed by atoms with E-state index in [1.165, 1.54) is 0 Å². The number of nitrogens with two attached hydrogens (primary N) is 1. The molecule has 3 unspecified atom stereocenters. The van der Waals surface area contributed by atoms with Crippen LogP contribution in [0.25, 0.3) is 0 Å². The first-order valence-electron chi connectivity index (χ1n) is 9.44. The lowest BCUT2D eigenvalue weighted by atomic mass is 9.96. The Balaban J connectivity index is 0.00000225. The standard InChI is InChI=1S/C17H31N3O3S.ClH/c1-2-3-10-24(22,23)20-8-6-13(7-9-20)17(21)19-11-14-4-5-16(18)15(14)12-19;/h13-16H,2-12,18H2,1H3;1H. The summed E-state index contributed by atoms with van der Waals surface area (Å²) in [5.74, 6) is 1.50. The normalized spacial score (nSPS) is 31.0. The Morgan fingerprint density at radius 2 is 1.80 bits per heavy atom. The van der Waals surface area contributed by atoms with Gasteiger partial charge in [0.15, 0.2) is 0 Å². The number of halogens is 1. The van der Waals surface area contributed by atoms with Gasteiger partial charge in [-0.1, -0.05) is 13.3 Å². The van der Waals surface area contributed by atoms with Crippen LogP contribution in [0.3, 0.4) is 0 Å². The molecule has 3 atom stereocenters. The zero-order valence-electron chi connectivity index (χ0n) is 15.1. The molecule has 2 saturated heterocycles. The Kier molecular flexibility index (Phi) is 7.16. The van der Waals surface area contributed by atoms with Gasteiger partial charge in [0.2, 0.25) is 15.9 Å². The lowest BCUT2D eigenvalue weighted by Crippen LogP contribution is -2.45. The van der Waals surface area contributed by atoms with Crippen LogP contribution in [0.2, 0.25) is 0 Å². The molecule has 0 aromatic rings. The molecular formula is C17H32ClN3O3S. The summed E-state index contributed by atoms with van der Waals surface area (Å²) in [6.07, 6.45) is 5.13. The molecule has 1 saturated carbocycles. The van der Waals surface area contributed by atoms with Gasteiger partial charge in [0.05, 0.1) is 5.75 Å². The number of hydrogen-bond donors (Lipinski definition) is 1. The fourth-order valence-electron chi connectivity index (χ4n) is 4.58. The van der Waals surface area contributed by atoms with E-state index in [1.807, 2.05) is 11.8 Å². The first kappa shape index (κ1) is 20.9. The molecule has 2 N–H and O–H groups in total. The predicted molar refractivity (Wildman–Crippen MR) is 101 cm³/mol. The van der Waals surface area contributed by atoms with E-state index in [2.05, 4.69) is 0 Å². The molecule has 2 heterocycles. The number of likely N-dealkylation sites (tertiary alicyclic amines) is 1. The van der Waals surface area contributed by atoms with E-state index in [0.29, 0.717) is 44.2 Å². The Morgan fingerprint density at radius 1 is 1.12 bits per heavy atom. The zero-order chi connectivity index (χ0) is 17.3. The van der Waals surface area contributed by atoms with Gasteiger partial charge in [-0.3, -0.25) is 4.79 Å². The molecule has 0 aromatic carbocycles. The van der Waals surface area contributed by atoms with E-state index >= 15 is 0 Å². The Morgan fingerprint density at radius 3 is 2.40 bits per heavy atom. The smallest absolute Gasteiger partial charge is 0.225 e. The second-order valence-corrected chi connectivity index (χ2v) is 9.84. The highest BCUT2D eigenvalue weighted by Gasteiger charge is 2.44. The highest BCUT2D eigenvalue weighted by molar-refractivity contribution is 7.89. The van der Waals surface area contributed by atoms with E-state index in [-0.39, 0.29) is 36.0 Å². The number of hydrogen-bond acceptors (Lipinski definition) is 4. The molecule has 0 spiro atoms. The first-order valence-corrected chi connectivity index (χ1v) is 11.1. The second-order valence-electron chi connectivity index (χ2n) is 7.75. The van der Waals surface area contributed by atoms with Crippen LogP contribution in [0, 0.1) is 17.8 Å². The van der Waals surface area contributed by atoms with Gasteiger partial charge < -0.3 is 10.6 Å². The van der Waals surface area contributed by atoms with Crippen LogP contribution in [0.15, 0.2) is 0 Å². The number of rotatable bonds is 5. The Bertz CT molecular complexity index is 563. The number of nitrogens with zero attached hydrogens (tertiary/aromatic N) is 2. The van der Waals surface area contributed by atoms with Gasteiger partial charge >= 0.3 is 0 Å². The van der Waals surface area contributed by atoms with Crippen LogP contribution in [-0.4, -0.2) is 61.5 Å². The maximum atomic E-state index is 12.8. The van der Waals surface area contributed by atoms with Gasteiger partial charge in [0.1, 0.15) is 0 Å². The number of fused-ring (bicyclic) bond motifs is 1. The highest BCUT2D eigenvalue weighted by Crippen LogP contribution is 2.38.